The zero-order valence-corrected chi connectivity index (χ0v) is 18.6. The van der Waals surface area contributed by atoms with E-state index >= 15 is 0 Å². The monoisotopic (exact) mass is 444 g/mol. The minimum atomic E-state index is -0.181. The van der Waals surface area contributed by atoms with E-state index in [-0.39, 0.29) is 18.4 Å². The number of fused-ring (bicyclic) bond motifs is 1. The Labute approximate surface area is 192 Å². The van der Waals surface area contributed by atoms with E-state index in [1.807, 2.05) is 84.9 Å². The molecule has 0 saturated carbocycles. The van der Waals surface area contributed by atoms with Gasteiger partial charge >= 0.3 is 0 Å². The van der Waals surface area contributed by atoms with Gasteiger partial charge in [0.05, 0.1) is 17.7 Å². The molecule has 6 heteroatoms. The number of thioether (sulfide) groups is 1. The van der Waals surface area contributed by atoms with Crippen LogP contribution in [-0.4, -0.2) is 32.0 Å². The average molecular weight is 445 g/mol. The summed E-state index contributed by atoms with van der Waals surface area (Å²) in [7, 11) is 1.62. The number of ether oxygens (including phenoxy) is 1. The molecule has 1 heterocycles. The Morgan fingerprint density at radius 2 is 1.72 bits per heavy atom. The number of nitrogens with one attached hydrogen (secondary N) is 1. The maximum Gasteiger partial charge on any atom is 0.265 e. The van der Waals surface area contributed by atoms with Crippen LogP contribution in [0.5, 0.6) is 5.75 Å². The molecule has 0 aliphatic carbocycles. The van der Waals surface area contributed by atoms with E-state index in [1.54, 1.807) is 12.0 Å². The van der Waals surface area contributed by atoms with Gasteiger partial charge in [0.1, 0.15) is 12.3 Å². The lowest BCUT2D eigenvalue weighted by Crippen LogP contribution is -2.43. The van der Waals surface area contributed by atoms with Crippen LogP contribution in [0.2, 0.25) is 0 Å². The molecule has 1 N–H and O–H groups in total. The van der Waals surface area contributed by atoms with Crippen LogP contribution < -0.4 is 15.0 Å². The highest BCUT2D eigenvalue weighted by atomic mass is 32.2. The Bertz CT molecular complexity index is 1130. The Hall–Kier alpha value is -3.51. The third kappa shape index (κ3) is 5.21. The number of carbonyl (C=O) groups is 2. The topological polar surface area (TPSA) is 58.6 Å². The van der Waals surface area contributed by atoms with Gasteiger partial charge in [-0.1, -0.05) is 66.4 Å². The number of anilines is 1. The van der Waals surface area contributed by atoms with Crippen LogP contribution in [0.1, 0.15) is 11.1 Å². The van der Waals surface area contributed by atoms with Crippen LogP contribution in [0.4, 0.5) is 5.69 Å². The third-order valence-corrected chi connectivity index (χ3v) is 6.20. The summed E-state index contributed by atoms with van der Waals surface area (Å²) in [5.74, 6) is 0.399. The summed E-state index contributed by atoms with van der Waals surface area (Å²) in [5.41, 5.74) is 2.81. The van der Waals surface area contributed by atoms with Crippen LogP contribution in [0.25, 0.3) is 6.08 Å². The second-order valence-electron chi connectivity index (χ2n) is 7.33. The molecular formula is C26H24N2O3S. The van der Waals surface area contributed by atoms with Gasteiger partial charge in [-0.3, -0.25) is 14.5 Å². The number of hydrogen-bond donors (Lipinski definition) is 1. The maximum absolute atomic E-state index is 13.3. The lowest BCUT2D eigenvalue weighted by Gasteiger charge is -2.29. The predicted molar refractivity (Wildman–Crippen MR) is 129 cm³/mol. The minimum absolute atomic E-state index is 0.0227. The predicted octanol–water partition coefficient (Wildman–Crippen LogP) is 4.53. The summed E-state index contributed by atoms with van der Waals surface area (Å²) in [4.78, 5) is 29.0. The fourth-order valence-electron chi connectivity index (χ4n) is 3.46. The zero-order chi connectivity index (χ0) is 22.3. The molecule has 32 heavy (non-hydrogen) atoms. The van der Waals surface area contributed by atoms with Gasteiger partial charge in [0.2, 0.25) is 5.91 Å². The van der Waals surface area contributed by atoms with Crippen LogP contribution in [0.3, 0.4) is 0 Å². The first-order valence-corrected chi connectivity index (χ1v) is 11.2. The largest absolute Gasteiger partial charge is 0.497 e. The number of para-hydroxylation sites is 1. The zero-order valence-electron chi connectivity index (χ0n) is 17.8. The first kappa shape index (κ1) is 21.7. The van der Waals surface area contributed by atoms with Gasteiger partial charge in [-0.15, -0.1) is 0 Å². The highest BCUT2D eigenvalue weighted by Crippen LogP contribution is 2.41. The van der Waals surface area contributed by atoms with Gasteiger partial charge in [-0.25, -0.2) is 0 Å². The molecule has 5 nitrogen and oxygen atoms in total. The van der Waals surface area contributed by atoms with Gasteiger partial charge in [-0.2, -0.15) is 0 Å². The van der Waals surface area contributed by atoms with Crippen LogP contribution >= 0.6 is 11.8 Å². The molecule has 162 valence electrons. The summed E-state index contributed by atoms with van der Waals surface area (Å²) in [6, 6.07) is 25.2. The molecule has 3 aromatic carbocycles. The molecular weight excluding hydrogens is 420 g/mol. The molecule has 0 atom stereocenters. The Morgan fingerprint density at radius 3 is 2.47 bits per heavy atom. The molecule has 2 amide bonds. The number of rotatable bonds is 7. The summed E-state index contributed by atoms with van der Waals surface area (Å²) in [6.45, 7) is 0.501. The number of nitrogens with zero attached hydrogens (tertiary/aromatic N) is 1. The number of carbonyl (C=O) groups excluding carboxylic acids is 2. The Kier molecular flexibility index (Phi) is 6.92. The summed E-state index contributed by atoms with van der Waals surface area (Å²) < 4.78 is 5.20. The van der Waals surface area contributed by atoms with Crippen LogP contribution in [-0.2, 0) is 16.0 Å². The second-order valence-corrected chi connectivity index (χ2v) is 8.41. The van der Waals surface area contributed by atoms with Crippen molar-refractivity contribution >= 4 is 35.3 Å². The number of hydrogen-bond acceptors (Lipinski definition) is 4. The van der Waals surface area contributed by atoms with Crippen molar-refractivity contribution in [2.75, 3.05) is 25.1 Å². The first-order chi connectivity index (χ1) is 15.6. The SMILES string of the molecule is COc1ccc(/C=C2\Sc3ccccc3N(CC(=O)NCCc3ccccc3)C2=O)cc1. The van der Waals surface area contributed by atoms with E-state index in [0.717, 1.165) is 33.9 Å². The molecule has 0 spiro atoms. The molecule has 0 fully saturated rings. The molecule has 1 aliphatic heterocycles. The van der Waals surface area contributed by atoms with Crippen LogP contribution in [0.15, 0.2) is 88.7 Å². The van der Waals surface area contributed by atoms with Crippen LogP contribution in [0, 0.1) is 0 Å². The van der Waals surface area contributed by atoms with E-state index in [4.69, 9.17) is 4.74 Å². The quantitative estimate of drug-likeness (QED) is 0.544. The molecule has 0 unspecified atom stereocenters. The first-order valence-electron chi connectivity index (χ1n) is 10.4. The smallest absolute Gasteiger partial charge is 0.265 e. The molecule has 0 aromatic heterocycles. The molecule has 3 aromatic rings. The number of amides is 2. The van der Waals surface area contributed by atoms with Crippen molar-refractivity contribution in [3.63, 3.8) is 0 Å². The van der Waals surface area contributed by atoms with E-state index in [0.29, 0.717) is 11.4 Å². The highest BCUT2D eigenvalue weighted by Gasteiger charge is 2.30. The maximum atomic E-state index is 13.3. The number of benzene rings is 3. The Balaban J connectivity index is 1.49. The van der Waals surface area contributed by atoms with Crippen molar-refractivity contribution in [1.29, 1.82) is 0 Å². The minimum Gasteiger partial charge on any atom is -0.497 e. The normalized spacial score (nSPS) is 14.2. The molecule has 0 radical (unpaired) electrons. The van der Waals surface area contributed by atoms with Gasteiger partial charge in [0.25, 0.3) is 5.91 Å². The molecule has 0 bridgehead atoms. The fraction of sp³-hybridized carbons (Fsp3) is 0.154. The third-order valence-electron chi connectivity index (χ3n) is 5.13. The van der Waals surface area contributed by atoms with Gasteiger partial charge in [-0.05, 0) is 47.9 Å². The second kappa shape index (κ2) is 10.2. The lowest BCUT2D eigenvalue weighted by atomic mass is 10.1. The molecule has 4 rings (SSSR count). The van der Waals surface area contributed by atoms with Crippen molar-refractivity contribution in [2.45, 2.75) is 11.3 Å². The highest BCUT2D eigenvalue weighted by molar-refractivity contribution is 8.04. The van der Waals surface area contributed by atoms with E-state index in [1.165, 1.54) is 11.8 Å². The lowest BCUT2D eigenvalue weighted by molar-refractivity contribution is -0.122. The summed E-state index contributed by atoms with van der Waals surface area (Å²) in [5, 5.41) is 2.93. The summed E-state index contributed by atoms with van der Waals surface area (Å²) in [6.07, 6.45) is 2.60. The van der Waals surface area contributed by atoms with Gasteiger partial charge in [0, 0.05) is 11.4 Å². The van der Waals surface area contributed by atoms with Crippen molar-refractivity contribution < 1.29 is 14.3 Å². The standard InChI is InChI=1S/C26H24N2O3S/c1-31-21-13-11-20(12-14-21)17-24-26(30)28(22-9-5-6-10-23(22)32-24)18-25(29)27-16-15-19-7-3-2-4-8-19/h2-14,17H,15-16,18H2,1H3,(H,27,29)/b24-17-. The average Bonchev–Trinajstić information content (AvgIpc) is 2.83. The van der Waals surface area contributed by atoms with Crippen molar-refractivity contribution in [3.05, 3.63) is 94.9 Å². The van der Waals surface area contributed by atoms with Gasteiger partial charge < -0.3 is 10.1 Å². The van der Waals surface area contributed by atoms with Crippen molar-refractivity contribution in [3.8, 4) is 5.75 Å². The Morgan fingerprint density at radius 1 is 1.00 bits per heavy atom. The van der Waals surface area contributed by atoms with Crippen molar-refractivity contribution in [1.82, 2.24) is 5.32 Å². The summed E-state index contributed by atoms with van der Waals surface area (Å²) >= 11 is 1.42. The van der Waals surface area contributed by atoms with E-state index < -0.39 is 0 Å². The molecule has 0 saturated heterocycles. The van der Waals surface area contributed by atoms with E-state index in [2.05, 4.69) is 5.32 Å². The fourth-order valence-corrected chi connectivity index (χ4v) is 4.52. The number of methoxy groups -OCH3 is 1. The molecule has 1 aliphatic rings. The van der Waals surface area contributed by atoms with Gasteiger partial charge in [0.15, 0.2) is 0 Å². The van der Waals surface area contributed by atoms with E-state index in [9.17, 15) is 9.59 Å². The van der Waals surface area contributed by atoms with Crippen molar-refractivity contribution in [2.24, 2.45) is 0 Å².